The Labute approximate surface area is 161 Å². The first-order valence-electron chi connectivity index (χ1n) is 8.39. The summed E-state index contributed by atoms with van der Waals surface area (Å²) in [7, 11) is 0. The summed E-state index contributed by atoms with van der Waals surface area (Å²) in [6, 6.07) is 11.3. The molecule has 2 aromatic carbocycles. The molecule has 134 valence electrons. The number of rotatable bonds is 4. The Morgan fingerprint density at radius 2 is 2.04 bits per heavy atom. The molecule has 0 saturated carbocycles. The Bertz CT molecular complexity index is 897. The summed E-state index contributed by atoms with van der Waals surface area (Å²) in [6.45, 7) is -0.348. The molecule has 1 heterocycles. The van der Waals surface area contributed by atoms with E-state index >= 15 is 0 Å². The molecule has 26 heavy (non-hydrogen) atoms. The van der Waals surface area contributed by atoms with Gasteiger partial charge in [0.05, 0.1) is 6.04 Å². The first-order valence-corrected chi connectivity index (χ1v) is 9.15. The van der Waals surface area contributed by atoms with Crippen LogP contribution in [0.2, 0.25) is 10.0 Å². The molecule has 3 unspecified atom stereocenters. The minimum absolute atomic E-state index is 0.0815. The van der Waals surface area contributed by atoms with Crippen LogP contribution in [0.1, 0.15) is 29.5 Å². The van der Waals surface area contributed by atoms with Crippen LogP contribution < -0.4 is 10.1 Å². The number of ether oxygens (including phenoxy) is 1. The number of carboxylic acids is 1. The van der Waals surface area contributed by atoms with E-state index in [9.17, 15) is 4.79 Å². The van der Waals surface area contributed by atoms with Crippen molar-refractivity contribution < 1.29 is 14.6 Å². The molecule has 3 atom stereocenters. The molecule has 0 spiro atoms. The summed E-state index contributed by atoms with van der Waals surface area (Å²) >= 11 is 12.5. The fourth-order valence-electron chi connectivity index (χ4n) is 3.87. The Morgan fingerprint density at radius 3 is 2.81 bits per heavy atom. The summed E-state index contributed by atoms with van der Waals surface area (Å²) in [4.78, 5) is 10.7. The van der Waals surface area contributed by atoms with Crippen molar-refractivity contribution in [3.63, 3.8) is 0 Å². The van der Waals surface area contributed by atoms with E-state index in [0.29, 0.717) is 21.7 Å². The van der Waals surface area contributed by atoms with Gasteiger partial charge in [-0.15, -0.1) is 0 Å². The van der Waals surface area contributed by atoms with Gasteiger partial charge in [0.1, 0.15) is 5.75 Å². The fraction of sp³-hybridized carbons (Fsp3) is 0.250. The SMILES string of the molecule is O=C(O)COc1ccc2c(c1)C1C=CCC1C(c1ccc(Cl)cc1Cl)N2. The van der Waals surface area contributed by atoms with Crippen molar-refractivity contribution in [3.8, 4) is 5.75 Å². The lowest BCUT2D eigenvalue weighted by atomic mass is 9.77. The van der Waals surface area contributed by atoms with Crippen molar-refractivity contribution in [1.82, 2.24) is 0 Å². The van der Waals surface area contributed by atoms with E-state index in [1.54, 1.807) is 12.1 Å². The fourth-order valence-corrected chi connectivity index (χ4v) is 4.39. The third kappa shape index (κ3) is 3.15. The van der Waals surface area contributed by atoms with Gasteiger partial charge in [-0.25, -0.2) is 4.79 Å². The van der Waals surface area contributed by atoms with Crippen molar-refractivity contribution in [3.05, 3.63) is 69.7 Å². The minimum Gasteiger partial charge on any atom is -0.482 e. The highest BCUT2D eigenvalue weighted by Crippen LogP contribution is 2.51. The third-order valence-corrected chi connectivity index (χ3v) is 5.56. The summed E-state index contributed by atoms with van der Waals surface area (Å²) < 4.78 is 5.34. The predicted octanol–water partition coefficient (Wildman–Crippen LogP) is 5.28. The third-order valence-electron chi connectivity index (χ3n) is 4.99. The number of aliphatic carboxylic acids is 1. The number of nitrogens with one attached hydrogen (secondary N) is 1. The standard InChI is InChI=1S/C20H17Cl2NO3/c21-11-4-6-15(17(22)8-11)20-14-3-1-2-13(14)16-9-12(26-10-19(24)25)5-7-18(16)23-20/h1-2,4-9,13-14,20,23H,3,10H2,(H,24,25). The lowest BCUT2D eigenvalue weighted by Gasteiger charge is -2.38. The van der Waals surface area contributed by atoms with Crippen LogP contribution in [-0.2, 0) is 4.79 Å². The topological polar surface area (TPSA) is 58.6 Å². The number of carbonyl (C=O) groups is 1. The van der Waals surface area contributed by atoms with Gasteiger partial charge in [-0.2, -0.15) is 0 Å². The zero-order valence-electron chi connectivity index (χ0n) is 13.8. The van der Waals surface area contributed by atoms with E-state index < -0.39 is 5.97 Å². The second-order valence-corrected chi connectivity index (χ2v) is 7.42. The molecule has 1 aliphatic heterocycles. The second-order valence-electron chi connectivity index (χ2n) is 6.57. The number of allylic oxidation sites excluding steroid dienone is 2. The van der Waals surface area contributed by atoms with Crippen LogP contribution in [0, 0.1) is 5.92 Å². The molecule has 0 radical (unpaired) electrons. The van der Waals surface area contributed by atoms with Crippen LogP contribution in [0.15, 0.2) is 48.6 Å². The van der Waals surface area contributed by atoms with E-state index in [1.807, 2.05) is 24.3 Å². The van der Waals surface area contributed by atoms with E-state index in [2.05, 4.69) is 17.5 Å². The van der Waals surface area contributed by atoms with E-state index in [-0.39, 0.29) is 18.6 Å². The van der Waals surface area contributed by atoms with Gasteiger partial charge in [0.25, 0.3) is 0 Å². The maximum atomic E-state index is 10.7. The van der Waals surface area contributed by atoms with Crippen molar-refractivity contribution in [1.29, 1.82) is 0 Å². The van der Waals surface area contributed by atoms with E-state index in [0.717, 1.165) is 23.2 Å². The molecule has 0 saturated heterocycles. The Balaban J connectivity index is 1.69. The number of anilines is 1. The highest BCUT2D eigenvalue weighted by molar-refractivity contribution is 6.35. The highest BCUT2D eigenvalue weighted by Gasteiger charge is 2.38. The van der Waals surface area contributed by atoms with Crippen molar-refractivity contribution in [2.75, 3.05) is 11.9 Å². The van der Waals surface area contributed by atoms with E-state index in [1.165, 1.54) is 0 Å². The molecule has 0 fully saturated rings. The molecule has 0 amide bonds. The van der Waals surface area contributed by atoms with Crippen LogP contribution in [-0.4, -0.2) is 17.7 Å². The molecule has 0 aromatic heterocycles. The largest absolute Gasteiger partial charge is 0.482 e. The van der Waals surface area contributed by atoms with Gasteiger partial charge >= 0.3 is 5.97 Å². The zero-order valence-corrected chi connectivity index (χ0v) is 15.3. The second kappa shape index (κ2) is 6.86. The van der Waals surface area contributed by atoms with Gasteiger partial charge in [0, 0.05) is 21.7 Å². The van der Waals surface area contributed by atoms with Crippen LogP contribution >= 0.6 is 23.2 Å². The number of hydrogen-bond acceptors (Lipinski definition) is 3. The first kappa shape index (κ1) is 17.3. The zero-order chi connectivity index (χ0) is 18.3. The van der Waals surface area contributed by atoms with Gasteiger partial charge in [-0.1, -0.05) is 41.4 Å². The number of carboxylic acid groups (broad SMARTS) is 1. The maximum absolute atomic E-state index is 10.7. The van der Waals surface area contributed by atoms with Crippen LogP contribution in [0.25, 0.3) is 0 Å². The van der Waals surface area contributed by atoms with Gasteiger partial charge in [0.15, 0.2) is 6.61 Å². The van der Waals surface area contributed by atoms with Crippen molar-refractivity contribution in [2.24, 2.45) is 5.92 Å². The van der Waals surface area contributed by atoms with Crippen LogP contribution in [0.3, 0.4) is 0 Å². The predicted molar refractivity (Wildman–Crippen MR) is 102 cm³/mol. The quantitative estimate of drug-likeness (QED) is 0.697. The van der Waals surface area contributed by atoms with Crippen molar-refractivity contribution >= 4 is 34.9 Å². The molecular weight excluding hydrogens is 373 g/mol. The Hall–Kier alpha value is -2.17. The number of benzene rings is 2. The van der Waals surface area contributed by atoms with Crippen LogP contribution in [0.5, 0.6) is 5.75 Å². The molecule has 2 aromatic rings. The Kier molecular flexibility index (Phi) is 4.55. The lowest BCUT2D eigenvalue weighted by Crippen LogP contribution is -2.29. The van der Waals surface area contributed by atoms with Gasteiger partial charge < -0.3 is 15.2 Å². The minimum atomic E-state index is -0.989. The van der Waals surface area contributed by atoms with E-state index in [4.69, 9.17) is 33.0 Å². The molecule has 4 nitrogen and oxygen atoms in total. The smallest absolute Gasteiger partial charge is 0.341 e. The molecule has 0 bridgehead atoms. The van der Waals surface area contributed by atoms with Gasteiger partial charge in [-0.05, 0) is 53.8 Å². The summed E-state index contributed by atoms with van der Waals surface area (Å²) in [5.41, 5.74) is 3.16. The molecule has 4 rings (SSSR count). The molecule has 1 aliphatic carbocycles. The summed E-state index contributed by atoms with van der Waals surface area (Å²) in [5, 5.41) is 13.7. The lowest BCUT2D eigenvalue weighted by molar-refractivity contribution is -0.139. The number of halogens is 2. The average Bonchev–Trinajstić information content (AvgIpc) is 3.09. The van der Waals surface area contributed by atoms with Gasteiger partial charge in [-0.3, -0.25) is 0 Å². The molecule has 2 N–H and O–H groups in total. The molecule has 2 aliphatic rings. The number of hydrogen-bond donors (Lipinski definition) is 2. The molecule has 6 heteroatoms. The monoisotopic (exact) mass is 389 g/mol. The molecular formula is C20H17Cl2NO3. The van der Waals surface area contributed by atoms with Crippen LogP contribution in [0.4, 0.5) is 5.69 Å². The first-order chi connectivity index (χ1) is 12.5. The van der Waals surface area contributed by atoms with Gasteiger partial charge in [0.2, 0.25) is 0 Å². The normalized spacial score (nSPS) is 23.1. The summed E-state index contributed by atoms with van der Waals surface area (Å²) in [6.07, 6.45) is 5.34. The van der Waals surface area contributed by atoms with Crippen molar-refractivity contribution in [2.45, 2.75) is 18.4 Å². The number of fused-ring (bicyclic) bond motifs is 3. The maximum Gasteiger partial charge on any atom is 0.341 e. The average molecular weight is 390 g/mol. The summed E-state index contributed by atoms with van der Waals surface area (Å²) in [5.74, 6) is 0.138. The Morgan fingerprint density at radius 1 is 1.19 bits per heavy atom. The highest BCUT2D eigenvalue weighted by atomic mass is 35.5.